The number of carbonyl (C=O) groups is 1. The van der Waals surface area contributed by atoms with E-state index in [2.05, 4.69) is 4.90 Å². The molecule has 0 N–H and O–H groups in total. The van der Waals surface area contributed by atoms with Gasteiger partial charge >= 0.3 is 6.09 Å². The number of hydrogen-bond acceptors (Lipinski definition) is 5. The minimum Gasteiger partial charge on any atom is -0.444 e. The highest BCUT2D eigenvalue weighted by Crippen LogP contribution is 2.11. The van der Waals surface area contributed by atoms with Gasteiger partial charge in [0.1, 0.15) is 11.5 Å². The van der Waals surface area contributed by atoms with Gasteiger partial charge in [-0.05, 0) is 27.2 Å². The molecule has 0 atom stereocenters. The van der Waals surface area contributed by atoms with E-state index in [9.17, 15) is 9.59 Å². The fourth-order valence-corrected chi connectivity index (χ4v) is 2.05. The lowest BCUT2D eigenvalue weighted by Crippen LogP contribution is -2.50. The van der Waals surface area contributed by atoms with Gasteiger partial charge in [0.15, 0.2) is 0 Å². The highest BCUT2D eigenvalue weighted by atomic mass is 16.6. The number of piperazine rings is 1. The standard InChI is InChI=1S/C15H26N2O4/c1-15(2,3)21-14(19)17-9-7-16(8-10-17)6-4-12-20-13-5-11-18/h5H,4,6-10,12-13H2,1-3H3. The van der Waals surface area contributed by atoms with Crippen LogP contribution in [0.15, 0.2) is 6.08 Å². The van der Waals surface area contributed by atoms with Crippen molar-refractivity contribution in [2.24, 2.45) is 0 Å². The van der Waals surface area contributed by atoms with Crippen LogP contribution in [0.5, 0.6) is 0 Å². The summed E-state index contributed by atoms with van der Waals surface area (Å²) in [7, 11) is 0. The second kappa shape index (κ2) is 8.82. The van der Waals surface area contributed by atoms with Gasteiger partial charge in [0, 0.05) is 45.4 Å². The molecule has 1 rings (SSSR count). The Labute approximate surface area is 126 Å². The second-order valence-corrected chi connectivity index (χ2v) is 6.06. The van der Waals surface area contributed by atoms with Crippen molar-refractivity contribution in [3.8, 4) is 0 Å². The summed E-state index contributed by atoms with van der Waals surface area (Å²) < 4.78 is 10.6. The summed E-state index contributed by atoms with van der Waals surface area (Å²) in [6.45, 7) is 10.6. The summed E-state index contributed by atoms with van der Waals surface area (Å²) in [6.07, 6.45) is 2.02. The molecule has 6 heteroatoms. The summed E-state index contributed by atoms with van der Waals surface area (Å²) in [6, 6.07) is 0. The monoisotopic (exact) mass is 298 g/mol. The minimum absolute atomic E-state index is 0.230. The predicted molar refractivity (Wildman–Crippen MR) is 79.9 cm³/mol. The van der Waals surface area contributed by atoms with E-state index in [1.165, 1.54) is 6.08 Å². The van der Waals surface area contributed by atoms with Crippen molar-refractivity contribution in [3.63, 3.8) is 0 Å². The molecule has 1 fully saturated rings. The normalized spacial score (nSPS) is 16.4. The fourth-order valence-electron chi connectivity index (χ4n) is 2.05. The summed E-state index contributed by atoms with van der Waals surface area (Å²) in [5.74, 6) is 1.68. The van der Waals surface area contributed by atoms with Crippen LogP contribution in [0.3, 0.4) is 0 Å². The van der Waals surface area contributed by atoms with E-state index in [1.807, 2.05) is 20.8 Å². The zero-order valence-electron chi connectivity index (χ0n) is 13.3. The van der Waals surface area contributed by atoms with E-state index in [4.69, 9.17) is 9.47 Å². The molecule has 0 aromatic heterocycles. The lowest BCUT2D eigenvalue weighted by Gasteiger charge is -2.35. The van der Waals surface area contributed by atoms with Crippen molar-refractivity contribution >= 4 is 12.0 Å². The molecule has 0 aliphatic carbocycles. The Hall–Kier alpha value is -1.36. The quantitative estimate of drug-likeness (QED) is 0.547. The van der Waals surface area contributed by atoms with Gasteiger partial charge in [-0.2, -0.15) is 0 Å². The van der Waals surface area contributed by atoms with Crippen molar-refractivity contribution in [3.05, 3.63) is 6.08 Å². The maximum atomic E-state index is 11.9. The Morgan fingerprint density at radius 2 is 1.90 bits per heavy atom. The molecule has 0 spiro atoms. The highest BCUT2D eigenvalue weighted by molar-refractivity contribution is 5.68. The zero-order valence-corrected chi connectivity index (χ0v) is 13.3. The minimum atomic E-state index is -0.443. The molecule has 6 nitrogen and oxygen atoms in total. The maximum Gasteiger partial charge on any atom is 0.410 e. The summed E-state index contributed by atoms with van der Waals surface area (Å²) in [5, 5.41) is 0. The molecule has 0 saturated carbocycles. The second-order valence-electron chi connectivity index (χ2n) is 6.06. The van der Waals surface area contributed by atoms with E-state index in [-0.39, 0.29) is 6.09 Å². The van der Waals surface area contributed by atoms with Crippen LogP contribution in [-0.4, -0.2) is 73.4 Å². The van der Waals surface area contributed by atoms with Gasteiger partial charge in [0.25, 0.3) is 0 Å². The van der Waals surface area contributed by atoms with E-state index >= 15 is 0 Å². The van der Waals surface area contributed by atoms with Crippen LogP contribution < -0.4 is 0 Å². The van der Waals surface area contributed by atoms with E-state index < -0.39 is 5.60 Å². The van der Waals surface area contributed by atoms with Gasteiger partial charge in [-0.15, -0.1) is 0 Å². The Bertz CT molecular complexity index is 364. The number of amides is 1. The molecule has 0 unspecified atom stereocenters. The third-order valence-corrected chi connectivity index (χ3v) is 3.07. The van der Waals surface area contributed by atoms with Crippen LogP contribution in [0.25, 0.3) is 0 Å². The van der Waals surface area contributed by atoms with E-state index in [0.29, 0.717) is 26.3 Å². The molecule has 120 valence electrons. The molecule has 1 aliphatic heterocycles. The molecule has 1 saturated heterocycles. The molecule has 0 bridgehead atoms. The molecule has 0 radical (unpaired) electrons. The summed E-state index contributed by atoms with van der Waals surface area (Å²) in [4.78, 5) is 25.9. The summed E-state index contributed by atoms with van der Waals surface area (Å²) in [5.41, 5.74) is -0.443. The first-order valence-electron chi connectivity index (χ1n) is 7.40. The first-order chi connectivity index (χ1) is 9.92. The van der Waals surface area contributed by atoms with Crippen molar-refractivity contribution in [2.45, 2.75) is 32.8 Å². The molecule has 0 aromatic carbocycles. The topological polar surface area (TPSA) is 59.1 Å². The van der Waals surface area contributed by atoms with Crippen molar-refractivity contribution < 1.29 is 19.1 Å². The van der Waals surface area contributed by atoms with Crippen molar-refractivity contribution in [2.75, 3.05) is 45.9 Å². The lowest BCUT2D eigenvalue weighted by atomic mass is 10.2. The van der Waals surface area contributed by atoms with Gasteiger partial charge in [-0.3, -0.25) is 4.90 Å². The van der Waals surface area contributed by atoms with Gasteiger partial charge in [0.2, 0.25) is 0 Å². The number of ether oxygens (including phenoxy) is 2. The molecular weight excluding hydrogens is 272 g/mol. The maximum absolute atomic E-state index is 11.9. The molecule has 1 heterocycles. The van der Waals surface area contributed by atoms with E-state index in [0.717, 1.165) is 26.1 Å². The SMILES string of the molecule is CC(C)(C)OC(=O)N1CCN(CCCOCC=C=O)CC1. The zero-order chi connectivity index (χ0) is 15.7. The van der Waals surface area contributed by atoms with Crippen LogP contribution in [0.2, 0.25) is 0 Å². The average Bonchev–Trinajstić information content (AvgIpc) is 2.41. The molecule has 21 heavy (non-hydrogen) atoms. The third kappa shape index (κ3) is 7.85. The first-order valence-corrected chi connectivity index (χ1v) is 7.40. The molecule has 1 amide bonds. The highest BCUT2D eigenvalue weighted by Gasteiger charge is 2.25. The third-order valence-electron chi connectivity index (χ3n) is 3.07. The number of nitrogens with zero attached hydrogens (tertiary/aromatic N) is 2. The van der Waals surface area contributed by atoms with Crippen molar-refractivity contribution in [1.29, 1.82) is 0 Å². The van der Waals surface area contributed by atoms with E-state index in [1.54, 1.807) is 10.8 Å². The van der Waals surface area contributed by atoms with Gasteiger partial charge in [-0.1, -0.05) is 0 Å². The Morgan fingerprint density at radius 1 is 1.24 bits per heavy atom. The van der Waals surface area contributed by atoms with Crippen LogP contribution in [0.1, 0.15) is 27.2 Å². The largest absolute Gasteiger partial charge is 0.444 e. The average molecular weight is 298 g/mol. The molecule has 0 aromatic rings. The Kier molecular flexibility index (Phi) is 7.43. The molecular formula is C15H26N2O4. The Balaban J connectivity index is 2.14. The smallest absolute Gasteiger partial charge is 0.410 e. The van der Waals surface area contributed by atoms with Gasteiger partial charge < -0.3 is 14.4 Å². The number of hydrogen-bond donors (Lipinski definition) is 0. The van der Waals surface area contributed by atoms with Crippen LogP contribution in [-0.2, 0) is 14.3 Å². The van der Waals surface area contributed by atoms with Crippen LogP contribution in [0.4, 0.5) is 4.79 Å². The predicted octanol–water partition coefficient (Wildman–Crippen LogP) is 1.33. The first kappa shape index (κ1) is 17.7. The summed E-state index contributed by atoms with van der Waals surface area (Å²) >= 11 is 0. The van der Waals surface area contributed by atoms with Crippen LogP contribution >= 0.6 is 0 Å². The Morgan fingerprint density at radius 3 is 2.48 bits per heavy atom. The molecule has 1 aliphatic rings. The fraction of sp³-hybridized carbons (Fsp3) is 0.800. The number of carbonyl (C=O) groups excluding carboxylic acids is 2. The lowest BCUT2D eigenvalue weighted by molar-refractivity contribution is 0.0138. The van der Waals surface area contributed by atoms with Crippen molar-refractivity contribution in [1.82, 2.24) is 9.80 Å². The van der Waals surface area contributed by atoms with Gasteiger partial charge in [-0.25, -0.2) is 9.59 Å². The van der Waals surface area contributed by atoms with Crippen LogP contribution in [0, 0.1) is 0 Å². The number of rotatable bonds is 6. The van der Waals surface area contributed by atoms with Gasteiger partial charge in [0.05, 0.1) is 6.61 Å².